The second-order valence-electron chi connectivity index (χ2n) is 5.24. The quantitative estimate of drug-likeness (QED) is 0.438. The number of rotatable bonds is 5. The van der Waals surface area contributed by atoms with Crippen molar-refractivity contribution < 1.29 is 19.4 Å². The highest BCUT2D eigenvalue weighted by Gasteiger charge is 2.16. The average molecular weight is 341 g/mol. The van der Waals surface area contributed by atoms with Crippen molar-refractivity contribution in [2.45, 2.75) is 13.0 Å². The van der Waals surface area contributed by atoms with E-state index < -0.39 is 11.8 Å². The number of hydrazone groups is 1. The zero-order valence-corrected chi connectivity index (χ0v) is 13.9. The summed E-state index contributed by atoms with van der Waals surface area (Å²) in [5.74, 6) is -1.37. The van der Waals surface area contributed by atoms with Crippen LogP contribution in [0.3, 0.4) is 0 Å². The molecule has 0 fully saturated rings. The normalized spacial score (nSPS) is 11.8. The van der Waals surface area contributed by atoms with Gasteiger partial charge < -0.3 is 15.2 Å². The fourth-order valence-corrected chi connectivity index (χ4v) is 2.08. The highest BCUT2D eigenvalue weighted by molar-refractivity contribution is 6.35. The van der Waals surface area contributed by atoms with E-state index in [0.29, 0.717) is 5.56 Å². The molecule has 0 heterocycles. The highest BCUT2D eigenvalue weighted by Crippen LogP contribution is 2.25. The summed E-state index contributed by atoms with van der Waals surface area (Å²) < 4.78 is 4.97. The van der Waals surface area contributed by atoms with Crippen LogP contribution >= 0.6 is 0 Å². The van der Waals surface area contributed by atoms with E-state index in [1.165, 1.54) is 19.4 Å². The first-order valence-electron chi connectivity index (χ1n) is 7.57. The van der Waals surface area contributed by atoms with Gasteiger partial charge in [0.1, 0.15) is 0 Å². The molecule has 2 aromatic rings. The number of carbonyl (C=O) groups is 2. The van der Waals surface area contributed by atoms with Crippen molar-refractivity contribution in [1.82, 2.24) is 10.7 Å². The Kier molecular flexibility index (Phi) is 6.11. The Morgan fingerprint density at radius 1 is 1.16 bits per heavy atom. The van der Waals surface area contributed by atoms with Gasteiger partial charge in [-0.3, -0.25) is 9.59 Å². The van der Waals surface area contributed by atoms with Gasteiger partial charge in [-0.15, -0.1) is 0 Å². The molecule has 2 aromatic carbocycles. The second-order valence-corrected chi connectivity index (χ2v) is 5.24. The first kappa shape index (κ1) is 18.0. The van der Waals surface area contributed by atoms with Gasteiger partial charge in [-0.1, -0.05) is 30.3 Å². The van der Waals surface area contributed by atoms with Crippen LogP contribution in [-0.4, -0.2) is 30.2 Å². The van der Waals surface area contributed by atoms with Crippen LogP contribution in [0.1, 0.15) is 24.1 Å². The molecule has 0 bridgehead atoms. The molecule has 0 saturated heterocycles. The van der Waals surface area contributed by atoms with E-state index in [1.54, 1.807) is 19.1 Å². The fourth-order valence-electron chi connectivity index (χ4n) is 2.08. The molecule has 0 aliphatic heterocycles. The van der Waals surface area contributed by atoms with Gasteiger partial charge in [0.15, 0.2) is 11.5 Å². The summed E-state index contributed by atoms with van der Waals surface area (Å²) in [6.45, 7) is 1.78. The molecule has 0 unspecified atom stereocenters. The van der Waals surface area contributed by atoms with E-state index in [2.05, 4.69) is 15.8 Å². The molecule has 130 valence electrons. The van der Waals surface area contributed by atoms with Crippen molar-refractivity contribution in [3.05, 3.63) is 59.7 Å². The van der Waals surface area contributed by atoms with E-state index in [1.807, 2.05) is 30.3 Å². The Morgan fingerprint density at radius 2 is 1.88 bits per heavy atom. The van der Waals surface area contributed by atoms with Crippen molar-refractivity contribution in [3.8, 4) is 11.5 Å². The van der Waals surface area contributed by atoms with Gasteiger partial charge in [-0.2, -0.15) is 5.10 Å². The monoisotopic (exact) mass is 341 g/mol. The van der Waals surface area contributed by atoms with Gasteiger partial charge >= 0.3 is 11.8 Å². The molecule has 2 rings (SSSR count). The highest BCUT2D eigenvalue weighted by atomic mass is 16.5. The van der Waals surface area contributed by atoms with E-state index in [-0.39, 0.29) is 17.5 Å². The van der Waals surface area contributed by atoms with E-state index in [4.69, 9.17) is 4.74 Å². The van der Waals surface area contributed by atoms with Crippen LogP contribution in [-0.2, 0) is 9.59 Å². The number of phenolic OH excluding ortho intramolecular Hbond substituents is 1. The standard InChI is InChI=1S/C18H19N3O4/c1-12(14-6-4-3-5-7-14)20-17(23)18(24)21-19-11-13-8-9-15(22)16(10-13)25-2/h3-12,22H,1-2H3,(H,20,23)(H,21,24)/b19-11+/t12-/m0/s1. The average Bonchev–Trinajstić information content (AvgIpc) is 2.63. The van der Waals surface area contributed by atoms with E-state index >= 15 is 0 Å². The minimum atomic E-state index is -0.871. The molecule has 25 heavy (non-hydrogen) atoms. The Balaban J connectivity index is 1.90. The molecular weight excluding hydrogens is 322 g/mol. The first-order valence-corrected chi connectivity index (χ1v) is 7.57. The number of ether oxygens (including phenoxy) is 1. The van der Waals surface area contributed by atoms with Crippen LogP contribution in [0.25, 0.3) is 0 Å². The van der Waals surface area contributed by atoms with Gasteiger partial charge in [-0.05, 0) is 36.2 Å². The third-order valence-corrected chi connectivity index (χ3v) is 3.44. The van der Waals surface area contributed by atoms with Gasteiger partial charge in [0.2, 0.25) is 0 Å². The minimum absolute atomic E-state index is 0.00189. The molecule has 7 heteroatoms. The molecule has 0 aliphatic rings. The van der Waals surface area contributed by atoms with Crippen molar-refractivity contribution in [3.63, 3.8) is 0 Å². The topological polar surface area (TPSA) is 100 Å². The third-order valence-electron chi connectivity index (χ3n) is 3.44. The Hall–Kier alpha value is -3.35. The maximum atomic E-state index is 11.9. The van der Waals surface area contributed by atoms with Crippen molar-refractivity contribution in [2.75, 3.05) is 7.11 Å². The third kappa shape index (κ3) is 5.07. The summed E-state index contributed by atoms with van der Waals surface area (Å²) in [5, 5.41) is 15.8. The molecule has 0 aromatic heterocycles. The Bertz CT molecular complexity index is 775. The van der Waals surface area contributed by atoms with Gasteiger partial charge in [0, 0.05) is 0 Å². The predicted molar refractivity (Wildman–Crippen MR) is 93.4 cm³/mol. The van der Waals surface area contributed by atoms with Gasteiger partial charge in [-0.25, -0.2) is 5.43 Å². The molecular formula is C18H19N3O4. The number of amides is 2. The zero-order valence-electron chi connectivity index (χ0n) is 13.9. The minimum Gasteiger partial charge on any atom is -0.504 e. The lowest BCUT2D eigenvalue weighted by molar-refractivity contribution is -0.139. The predicted octanol–water partition coefficient (Wildman–Crippen LogP) is 1.73. The number of hydrogen-bond acceptors (Lipinski definition) is 5. The maximum Gasteiger partial charge on any atom is 0.329 e. The zero-order chi connectivity index (χ0) is 18.2. The summed E-state index contributed by atoms with van der Waals surface area (Å²) in [6, 6.07) is 13.6. The van der Waals surface area contributed by atoms with Crippen molar-refractivity contribution in [1.29, 1.82) is 0 Å². The lowest BCUT2D eigenvalue weighted by Crippen LogP contribution is -2.39. The summed E-state index contributed by atoms with van der Waals surface area (Å²) in [5.41, 5.74) is 3.64. The number of hydrogen-bond donors (Lipinski definition) is 3. The summed E-state index contributed by atoms with van der Waals surface area (Å²) in [7, 11) is 1.43. The lowest BCUT2D eigenvalue weighted by Gasteiger charge is -2.13. The number of carbonyl (C=O) groups excluding carboxylic acids is 2. The summed E-state index contributed by atoms with van der Waals surface area (Å²) in [6.07, 6.45) is 1.34. The number of methoxy groups -OCH3 is 1. The molecule has 0 radical (unpaired) electrons. The van der Waals surface area contributed by atoms with Crippen LogP contribution in [0.15, 0.2) is 53.6 Å². The molecule has 0 spiro atoms. The SMILES string of the molecule is COc1cc(/C=N/NC(=O)C(=O)N[C@@H](C)c2ccccc2)ccc1O. The smallest absolute Gasteiger partial charge is 0.329 e. The molecule has 7 nitrogen and oxygen atoms in total. The second kappa shape index (κ2) is 8.49. The lowest BCUT2D eigenvalue weighted by atomic mass is 10.1. The van der Waals surface area contributed by atoms with E-state index in [0.717, 1.165) is 5.56 Å². The fraction of sp³-hybridized carbons (Fsp3) is 0.167. The maximum absolute atomic E-state index is 11.9. The molecule has 0 saturated carbocycles. The van der Waals surface area contributed by atoms with Crippen LogP contribution < -0.4 is 15.5 Å². The van der Waals surface area contributed by atoms with Crippen LogP contribution in [0.5, 0.6) is 11.5 Å². The number of nitrogens with one attached hydrogen (secondary N) is 2. The van der Waals surface area contributed by atoms with Gasteiger partial charge in [0.05, 0.1) is 19.4 Å². The molecule has 0 aliphatic carbocycles. The number of aromatic hydroxyl groups is 1. The molecule has 2 amide bonds. The summed E-state index contributed by atoms with van der Waals surface area (Å²) in [4.78, 5) is 23.6. The van der Waals surface area contributed by atoms with Gasteiger partial charge in [0.25, 0.3) is 0 Å². The number of phenols is 1. The number of nitrogens with zero attached hydrogens (tertiary/aromatic N) is 1. The number of benzene rings is 2. The Labute approximate surface area is 145 Å². The Morgan fingerprint density at radius 3 is 2.56 bits per heavy atom. The van der Waals surface area contributed by atoms with Crippen LogP contribution in [0.2, 0.25) is 0 Å². The molecule has 3 N–H and O–H groups in total. The largest absolute Gasteiger partial charge is 0.504 e. The van der Waals surface area contributed by atoms with Crippen molar-refractivity contribution in [2.24, 2.45) is 5.10 Å². The van der Waals surface area contributed by atoms with Crippen LogP contribution in [0.4, 0.5) is 0 Å². The first-order chi connectivity index (χ1) is 12.0. The molecule has 1 atom stereocenters. The van der Waals surface area contributed by atoms with E-state index in [9.17, 15) is 14.7 Å². The van der Waals surface area contributed by atoms with Crippen molar-refractivity contribution >= 4 is 18.0 Å². The summed E-state index contributed by atoms with van der Waals surface area (Å²) >= 11 is 0. The van der Waals surface area contributed by atoms with Crippen LogP contribution in [0, 0.1) is 0 Å².